The third kappa shape index (κ3) is 2.82. The molecule has 0 radical (unpaired) electrons. The van der Waals surface area contributed by atoms with Gasteiger partial charge in [0, 0.05) is 30.1 Å². The molecular weight excluding hydrogens is 284 g/mol. The second-order valence-corrected chi connectivity index (χ2v) is 5.38. The maximum Gasteiger partial charge on any atom is 0.328 e. The van der Waals surface area contributed by atoms with Crippen molar-refractivity contribution in [1.29, 1.82) is 0 Å². The highest BCUT2D eigenvalue weighted by Gasteiger charge is 2.32. The topological polar surface area (TPSA) is 82.6 Å². The predicted molar refractivity (Wildman–Crippen MR) is 80.6 cm³/mol. The Bertz CT molecular complexity index is 694. The molecule has 1 amide bonds. The molecule has 1 fully saturated rings. The van der Waals surface area contributed by atoms with E-state index in [9.17, 15) is 14.7 Å². The summed E-state index contributed by atoms with van der Waals surface area (Å²) >= 11 is 0. The Balaban J connectivity index is 1.67. The number of carbonyl (C=O) groups is 2. The van der Waals surface area contributed by atoms with Gasteiger partial charge in [0.1, 0.15) is 0 Å². The van der Waals surface area contributed by atoms with E-state index in [1.807, 2.05) is 30.5 Å². The summed E-state index contributed by atoms with van der Waals surface area (Å²) in [5.74, 6) is -1.15. The number of carboxylic acids is 1. The molecule has 6 heteroatoms. The second kappa shape index (κ2) is 6.19. The fourth-order valence-electron chi connectivity index (χ4n) is 2.83. The molecule has 6 nitrogen and oxygen atoms in total. The van der Waals surface area contributed by atoms with Crippen LogP contribution in [0.25, 0.3) is 10.9 Å². The lowest BCUT2D eigenvalue weighted by atomic mass is 10.1. The number of H-pyrrole nitrogens is 1. The number of nitrogens with one attached hydrogen (secondary N) is 1. The number of aliphatic carboxylic acids is 1. The first kappa shape index (κ1) is 14.6. The van der Waals surface area contributed by atoms with E-state index in [1.54, 1.807) is 0 Å². The molecule has 0 saturated carbocycles. The van der Waals surface area contributed by atoms with Crippen LogP contribution in [0.1, 0.15) is 12.0 Å². The van der Waals surface area contributed by atoms with Gasteiger partial charge >= 0.3 is 5.97 Å². The largest absolute Gasteiger partial charge is 0.480 e. The summed E-state index contributed by atoms with van der Waals surface area (Å²) in [5.41, 5.74) is 2.11. The second-order valence-electron chi connectivity index (χ2n) is 5.38. The summed E-state index contributed by atoms with van der Waals surface area (Å²) in [6, 6.07) is 7.05. The van der Waals surface area contributed by atoms with Gasteiger partial charge in [0.2, 0.25) is 5.91 Å². The van der Waals surface area contributed by atoms with Crippen molar-refractivity contribution in [3.05, 3.63) is 36.0 Å². The lowest BCUT2D eigenvalue weighted by Crippen LogP contribution is -2.52. The van der Waals surface area contributed by atoms with Crippen LogP contribution < -0.4 is 0 Å². The first-order valence-corrected chi connectivity index (χ1v) is 7.32. The third-order valence-electron chi connectivity index (χ3n) is 4.02. The fourth-order valence-corrected chi connectivity index (χ4v) is 2.83. The normalized spacial score (nSPS) is 18.5. The molecule has 3 rings (SSSR count). The van der Waals surface area contributed by atoms with Crippen LogP contribution in [0.3, 0.4) is 0 Å². The number of aryl methyl sites for hydroxylation is 1. The van der Waals surface area contributed by atoms with Crippen molar-refractivity contribution in [2.24, 2.45) is 0 Å². The molecule has 22 heavy (non-hydrogen) atoms. The molecule has 1 saturated heterocycles. The van der Waals surface area contributed by atoms with Crippen LogP contribution in [0, 0.1) is 0 Å². The van der Waals surface area contributed by atoms with Gasteiger partial charge in [-0.3, -0.25) is 4.79 Å². The molecule has 1 aliphatic heterocycles. The van der Waals surface area contributed by atoms with Crippen molar-refractivity contribution < 1.29 is 19.4 Å². The number of morpholine rings is 1. The van der Waals surface area contributed by atoms with Crippen LogP contribution in [0.15, 0.2) is 30.5 Å². The van der Waals surface area contributed by atoms with Crippen LogP contribution in [0.4, 0.5) is 0 Å². The summed E-state index contributed by atoms with van der Waals surface area (Å²) < 4.78 is 5.15. The lowest BCUT2D eigenvalue weighted by molar-refractivity contribution is -0.158. The number of rotatable bonds is 4. The summed E-state index contributed by atoms with van der Waals surface area (Å²) in [5, 5.41) is 10.3. The minimum Gasteiger partial charge on any atom is -0.480 e. The molecule has 2 aromatic rings. The monoisotopic (exact) mass is 302 g/mol. The molecule has 1 aromatic carbocycles. The molecule has 0 aliphatic carbocycles. The van der Waals surface area contributed by atoms with Gasteiger partial charge in [0.05, 0.1) is 13.2 Å². The van der Waals surface area contributed by atoms with Crippen molar-refractivity contribution in [1.82, 2.24) is 9.88 Å². The first-order valence-electron chi connectivity index (χ1n) is 7.32. The SMILES string of the molecule is O=C(O)C1COCCN1C(=O)CCc1c[nH]c2ccccc12. The average Bonchev–Trinajstić information content (AvgIpc) is 2.96. The van der Waals surface area contributed by atoms with E-state index in [0.29, 0.717) is 26.0 Å². The smallest absolute Gasteiger partial charge is 0.328 e. The van der Waals surface area contributed by atoms with Gasteiger partial charge in [-0.1, -0.05) is 18.2 Å². The lowest BCUT2D eigenvalue weighted by Gasteiger charge is -2.32. The highest BCUT2D eigenvalue weighted by molar-refractivity contribution is 5.86. The van der Waals surface area contributed by atoms with E-state index in [0.717, 1.165) is 16.5 Å². The number of aromatic nitrogens is 1. The number of ether oxygens (including phenoxy) is 1. The summed E-state index contributed by atoms with van der Waals surface area (Å²) in [6.45, 7) is 0.792. The maximum absolute atomic E-state index is 12.3. The number of fused-ring (bicyclic) bond motifs is 1. The molecular formula is C16H18N2O4. The van der Waals surface area contributed by atoms with Crippen molar-refractivity contribution >= 4 is 22.8 Å². The zero-order valence-electron chi connectivity index (χ0n) is 12.1. The number of carbonyl (C=O) groups excluding carboxylic acids is 1. The van der Waals surface area contributed by atoms with Gasteiger partial charge in [0.25, 0.3) is 0 Å². The van der Waals surface area contributed by atoms with Crippen LogP contribution in [0.2, 0.25) is 0 Å². The minimum absolute atomic E-state index is 0.0636. The number of hydrogen-bond acceptors (Lipinski definition) is 3. The minimum atomic E-state index is -1.01. The van der Waals surface area contributed by atoms with Crippen molar-refractivity contribution in [3.8, 4) is 0 Å². The van der Waals surface area contributed by atoms with Gasteiger partial charge in [-0.2, -0.15) is 0 Å². The Hall–Kier alpha value is -2.34. The zero-order valence-corrected chi connectivity index (χ0v) is 12.1. The molecule has 2 heterocycles. The molecule has 2 N–H and O–H groups in total. The molecule has 0 bridgehead atoms. The number of benzene rings is 1. The first-order chi connectivity index (χ1) is 10.7. The van der Waals surface area contributed by atoms with Crippen molar-refractivity contribution in [2.45, 2.75) is 18.9 Å². The Morgan fingerprint density at radius 2 is 2.18 bits per heavy atom. The molecule has 1 atom stereocenters. The summed E-state index contributed by atoms with van der Waals surface area (Å²) in [7, 11) is 0. The summed E-state index contributed by atoms with van der Waals surface area (Å²) in [4.78, 5) is 28.1. The van der Waals surface area contributed by atoms with E-state index < -0.39 is 12.0 Å². The predicted octanol–water partition coefficient (Wildman–Crippen LogP) is 1.41. The van der Waals surface area contributed by atoms with Gasteiger partial charge in [-0.25, -0.2) is 4.79 Å². The van der Waals surface area contributed by atoms with Crippen molar-refractivity contribution in [2.75, 3.05) is 19.8 Å². The van der Waals surface area contributed by atoms with Crippen LogP contribution in [0.5, 0.6) is 0 Å². The number of nitrogens with zero attached hydrogens (tertiary/aromatic N) is 1. The Labute approximate surface area is 127 Å². The Morgan fingerprint density at radius 3 is 3.00 bits per heavy atom. The van der Waals surface area contributed by atoms with Crippen LogP contribution >= 0.6 is 0 Å². The van der Waals surface area contributed by atoms with Gasteiger partial charge in [-0.05, 0) is 18.1 Å². The summed E-state index contributed by atoms with van der Waals surface area (Å²) in [6.07, 6.45) is 2.80. The number of hydrogen-bond donors (Lipinski definition) is 2. The fraction of sp³-hybridized carbons (Fsp3) is 0.375. The standard InChI is InChI=1S/C16H18N2O4/c19-15(18-7-8-22-10-14(18)16(20)21)6-5-11-9-17-13-4-2-1-3-12(11)13/h1-4,9,14,17H,5-8,10H2,(H,20,21). The number of carboxylic acid groups (broad SMARTS) is 1. The highest BCUT2D eigenvalue weighted by Crippen LogP contribution is 2.20. The van der Waals surface area contributed by atoms with Gasteiger partial charge in [0.15, 0.2) is 6.04 Å². The third-order valence-corrected chi connectivity index (χ3v) is 4.02. The maximum atomic E-state index is 12.3. The van der Waals surface area contributed by atoms with Gasteiger partial charge in [-0.15, -0.1) is 0 Å². The Kier molecular flexibility index (Phi) is 4.11. The quantitative estimate of drug-likeness (QED) is 0.894. The molecule has 1 unspecified atom stereocenters. The van der Waals surface area contributed by atoms with E-state index in [-0.39, 0.29) is 12.5 Å². The Morgan fingerprint density at radius 1 is 1.36 bits per heavy atom. The zero-order chi connectivity index (χ0) is 15.5. The number of amides is 1. The molecule has 1 aromatic heterocycles. The van der Waals surface area contributed by atoms with E-state index >= 15 is 0 Å². The number of aromatic amines is 1. The highest BCUT2D eigenvalue weighted by atomic mass is 16.5. The van der Waals surface area contributed by atoms with E-state index in [1.165, 1.54) is 4.90 Å². The van der Waals surface area contributed by atoms with Crippen LogP contribution in [-0.4, -0.2) is 52.7 Å². The average molecular weight is 302 g/mol. The number of para-hydroxylation sites is 1. The van der Waals surface area contributed by atoms with Crippen LogP contribution in [-0.2, 0) is 20.7 Å². The van der Waals surface area contributed by atoms with E-state index in [2.05, 4.69) is 4.98 Å². The van der Waals surface area contributed by atoms with E-state index in [4.69, 9.17) is 4.74 Å². The molecule has 1 aliphatic rings. The van der Waals surface area contributed by atoms with Crippen molar-refractivity contribution in [3.63, 3.8) is 0 Å². The molecule has 0 spiro atoms. The van der Waals surface area contributed by atoms with Gasteiger partial charge < -0.3 is 19.7 Å². The molecule has 116 valence electrons.